The standard InChI is InChI=1S/C10H16O/c1-9(2)6-7-10(8(9)11)4-3-5-10/h3-7H2,1-2H3. The molecule has 0 bridgehead atoms. The molecule has 0 aromatic carbocycles. The minimum atomic E-state index is 0.000417. The summed E-state index contributed by atoms with van der Waals surface area (Å²) in [5.41, 5.74) is 0.171. The topological polar surface area (TPSA) is 17.1 Å². The fourth-order valence-corrected chi connectivity index (χ4v) is 2.58. The molecule has 0 aromatic rings. The largest absolute Gasteiger partial charge is 0.298 e. The van der Waals surface area contributed by atoms with E-state index in [0.29, 0.717) is 5.78 Å². The molecule has 1 heteroatoms. The smallest absolute Gasteiger partial charge is 0.144 e. The minimum Gasteiger partial charge on any atom is -0.298 e. The number of hydrogen-bond donors (Lipinski definition) is 0. The van der Waals surface area contributed by atoms with E-state index in [1.165, 1.54) is 25.7 Å². The molecule has 0 heterocycles. The summed E-state index contributed by atoms with van der Waals surface area (Å²) in [5.74, 6) is 0.552. The van der Waals surface area contributed by atoms with Crippen molar-refractivity contribution < 1.29 is 4.79 Å². The van der Waals surface area contributed by atoms with Gasteiger partial charge in [0.25, 0.3) is 0 Å². The molecule has 2 rings (SSSR count). The molecule has 0 aliphatic heterocycles. The number of rotatable bonds is 0. The predicted octanol–water partition coefficient (Wildman–Crippen LogP) is 2.55. The summed E-state index contributed by atoms with van der Waals surface area (Å²) in [5, 5.41) is 0. The fourth-order valence-electron chi connectivity index (χ4n) is 2.58. The number of hydrogen-bond acceptors (Lipinski definition) is 1. The van der Waals surface area contributed by atoms with Crippen LogP contribution in [0.1, 0.15) is 46.0 Å². The average Bonchev–Trinajstić information content (AvgIpc) is 2.05. The molecule has 2 fully saturated rings. The van der Waals surface area contributed by atoms with Crippen LogP contribution in [0.2, 0.25) is 0 Å². The van der Waals surface area contributed by atoms with Crippen molar-refractivity contribution in [1.29, 1.82) is 0 Å². The number of carbonyl (C=O) groups excluding carboxylic acids is 1. The van der Waals surface area contributed by atoms with Crippen molar-refractivity contribution in [2.45, 2.75) is 46.0 Å². The molecule has 62 valence electrons. The molecule has 2 saturated carbocycles. The first-order chi connectivity index (χ1) is 5.07. The number of Topliss-reactive ketones (excluding diaryl/α,β-unsaturated/α-hetero) is 1. The Balaban J connectivity index is 2.24. The molecule has 11 heavy (non-hydrogen) atoms. The average molecular weight is 152 g/mol. The molecule has 2 aliphatic rings. The van der Waals surface area contributed by atoms with Crippen molar-refractivity contribution >= 4 is 5.78 Å². The van der Waals surface area contributed by atoms with Gasteiger partial charge in [-0.15, -0.1) is 0 Å². The SMILES string of the molecule is CC1(C)CCC2(CCC2)C1=O. The molecule has 0 atom stereocenters. The summed E-state index contributed by atoms with van der Waals surface area (Å²) in [4.78, 5) is 11.8. The van der Waals surface area contributed by atoms with Gasteiger partial charge in [0.2, 0.25) is 0 Å². The lowest BCUT2D eigenvalue weighted by atomic mass is 9.65. The summed E-state index contributed by atoms with van der Waals surface area (Å²) in [6.45, 7) is 4.20. The van der Waals surface area contributed by atoms with E-state index in [4.69, 9.17) is 0 Å². The molecular formula is C10H16O. The van der Waals surface area contributed by atoms with Gasteiger partial charge in [-0.25, -0.2) is 0 Å². The second-order valence-corrected chi connectivity index (χ2v) is 4.85. The van der Waals surface area contributed by atoms with Crippen LogP contribution in [0.5, 0.6) is 0 Å². The summed E-state index contributed by atoms with van der Waals surface area (Å²) >= 11 is 0. The Labute approximate surface area is 68.2 Å². The summed E-state index contributed by atoms with van der Waals surface area (Å²) in [7, 11) is 0. The zero-order chi connectivity index (χ0) is 8.11. The summed E-state index contributed by atoms with van der Waals surface area (Å²) in [6.07, 6.45) is 5.91. The van der Waals surface area contributed by atoms with Gasteiger partial charge in [-0.2, -0.15) is 0 Å². The lowest BCUT2D eigenvalue weighted by molar-refractivity contribution is -0.136. The van der Waals surface area contributed by atoms with Crippen molar-refractivity contribution in [2.75, 3.05) is 0 Å². The van der Waals surface area contributed by atoms with Gasteiger partial charge in [0.15, 0.2) is 0 Å². The quantitative estimate of drug-likeness (QED) is 0.521. The van der Waals surface area contributed by atoms with Crippen molar-refractivity contribution in [2.24, 2.45) is 10.8 Å². The zero-order valence-corrected chi connectivity index (χ0v) is 7.44. The normalized spacial score (nSPS) is 32.4. The number of ketones is 1. The molecule has 0 saturated heterocycles. The molecule has 0 unspecified atom stereocenters. The van der Waals surface area contributed by atoms with Gasteiger partial charge in [-0.05, 0) is 25.7 Å². The molecule has 2 aliphatic carbocycles. The second kappa shape index (κ2) is 1.88. The Bertz CT molecular complexity index is 199. The first-order valence-corrected chi connectivity index (χ1v) is 4.62. The minimum absolute atomic E-state index is 0.000417. The molecular weight excluding hydrogens is 136 g/mol. The molecule has 0 N–H and O–H groups in total. The lowest BCUT2D eigenvalue weighted by Crippen LogP contribution is -2.37. The number of carbonyl (C=O) groups is 1. The van der Waals surface area contributed by atoms with E-state index < -0.39 is 0 Å². The van der Waals surface area contributed by atoms with Crippen molar-refractivity contribution in [3.8, 4) is 0 Å². The summed E-state index contributed by atoms with van der Waals surface area (Å²) in [6, 6.07) is 0. The zero-order valence-electron chi connectivity index (χ0n) is 7.44. The second-order valence-electron chi connectivity index (χ2n) is 4.85. The van der Waals surface area contributed by atoms with Crippen LogP contribution in [0.25, 0.3) is 0 Å². The van der Waals surface area contributed by atoms with E-state index in [0.717, 1.165) is 6.42 Å². The van der Waals surface area contributed by atoms with Crippen molar-refractivity contribution in [1.82, 2.24) is 0 Å². The first kappa shape index (κ1) is 7.33. The lowest BCUT2D eigenvalue weighted by Gasteiger charge is -2.37. The Morgan fingerprint density at radius 2 is 1.73 bits per heavy atom. The molecule has 1 spiro atoms. The van der Waals surface area contributed by atoms with Crippen LogP contribution in [0.3, 0.4) is 0 Å². The highest BCUT2D eigenvalue weighted by Crippen LogP contribution is 2.56. The maximum absolute atomic E-state index is 11.8. The Kier molecular flexibility index (Phi) is 1.25. The van der Waals surface area contributed by atoms with Gasteiger partial charge in [0.1, 0.15) is 5.78 Å². The third-order valence-electron chi connectivity index (χ3n) is 3.64. The molecule has 0 aromatic heterocycles. The van der Waals surface area contributed by atoms with Crippen LogP contribution in [0.15, 0.2) is 0 Å². The van der Waals surface area contributed by atoms with E-state index in [-0.39, 0.29) is 10.8 Å². The van der Waals surface area contributed by atoms with Crippen molar-refractivity contribution in [3.63, 3.8) is 0 Å². The van der Waals surface area contributed by atoms with Crippen LogP contribution in [0.4, 0.5) is 0 Å². The van der Waals surface area contributed by atoms with Gasteiger partial charge in [0, 0.05) is 10.8 Å². The summed E-state index contributed by atoms with van der Waals surface area (Å²) < 4.78 is 0. The highest BCUT2D eigenvalue weighted by molar-refractivity contribution is 5.92. The molecule has 0 radical (unpaired) electrons. The monoisotopic (exact) mass is 152 g/mol. The van der Waals surface area contributed by atoms with Gasteiger partial charge >= 0.3 is 0 Å². The van der Waals surface area contributed by atoms with E-state index in [2.05, 4.69) is 13.8 Å². The van der Waals surface area contributed by atoms with Gasteiger partial charge in [0.05, 0.1) is 0 Å². The van der Waals surface area contributed by atoms with Gasteiger partial charge in [-0.1, -0.05) is 20.3 Å². The highest BCUT2D eigenvalue weighted by atomic mass is 16.1. The fraction of sp³-hybridized carbons (Fsp3) is 0.900. The predicted molar refractivity (Wildman–Crippen MR) is 44.3 cm³/mol. The first-order valence-electron chi connectivity index (χ1n) is 4.62. The van der Waals surface area contributed by atoms with E-state index in [1.54, 1.807) is 0 Å². The van der Waals surface area contributed by atoms with E-state index in [1.807, 2.05) is 0 Å². The third-order valence-corrected chi connectivity index (χ3v) is 3.64. The Morgan fingerprint density at radius 3 is 1.91 bits per heavy atom. The van der Waals surface area contributed by atoms with Crippen LogP contribution < -0.4 is 0 Å². The highest BCUT2D eigenvalue weighted by Gasteiger charge is 2.54. The van der Waals surface area contributed by atoms with Gasteiger partial charge < -0.3 is 0 Å². The maximum atomic E-state index is 11.8. The van der Waals surface area contributed by atoms with Crippen molar-refractivity contribution in [3.05, 3.63) is 0 Å². The Morgan fingerprint density at radius 1 is 1.09 bits per heavy atom. The van der Waals surface area contributed by atoms with Crippen LogP contribution in [-0.2, 0) is 4.79 Å². The maximum Gasteiger partial charge on any atom is 0.144 e. The van der Waals surface area contributed by atoms with Gasteiger partial charge in [-0.3, -0.25) is 4.79 Å². The Hall–Kier alpha value is -0.330. The molecule has 1 nitrogen and oxygen atoms in total. The third kappa shape index (κ3) is 0.800. The molecule has 0 amide bonds. The van der Waals surface area contributed by atoms with Crippen LogP contribution in [0, 0.1) is 10.8 Å². The van der Waals surface area contributed by atoms with E-state index >= 15 is 0 Å². The van der Waals surface area contributed by atoms with E-state index in [9.17, 15) is 4.79 Å². The van der Waals surface area contributed by atoms with Crippen LogP contribution >= 0.6 is 0 Å². The van der Waals surface area contributed by atoms with Crippen LogP contribution in [-0.4, -0.2) is 5.78 Å².